The van der Waals surface area contributed by atoms with E-state index in [1.165, 1.54) is 12.3 Å². The number of nitrogens with zero attached hydrogens (tertiary/aromatic N) is 1. The second-order valence-electron chi connectivity index (χ2n) is 3.54. The number of nitrogens with one attached hydrogen (secondary N) is 1. The van der Waals surface area contributed by atoms with Gasteiger partial charge in [0.15, 0.2) is 0 Å². The fourth-order valence-electron chi connectivity index (χ4n) is 1.18. The summed E-state index contributed by atoms with van der Waals surface area (Å²) in [5.41, 5.74) is 0.113. The van der Waals surface area contributed by atoms with Crippen LogP contribution in [0.3, 0.4) is 0 Å². The number of anilines is 1. The summed E-state index contributed by atoms with van der Waals surface area (Å²) >= 11 is 0. The minimum Gasteiger partial charge on any atom is -0.478 e. The second-order valence-corrected chi connectivity index (χ2v) is 5.38. The van der Waals surface area contributed by atoms with Crippen LogP contribution in [0.5, 0.6) is 0 Å². The van der Waals surface area contributed by atoms with Gasteiger partial charge < -0.3 is 5.11 Å². The van der Waals surface area contributed by atoms with E-state index in [1.54, 1.807) is 0 Å². The van der Waals surface area contributed by atoms with Gasteiger partial charge in [-0.3, -0.25) is 9.71 Å². The first-order chi connectivity index (χ1) is 7.94. The van der Waals surface area contributed by atoms with Crippen LogP contribution >= 0.6 is 0 Å². The van der Waals surface area contributed by atoms with Crippen molar-refractivity contribution in [1.82, 2.24) is 4.98 Å². The number of carboxylic acid groups (broad SMARTS) is 1. The number of sulfonamides is 1. The van der Waals surface area contributed by atoms with Crippen LogP contribution in [0.4, 0.5) is 5.69 Å². The van der Waals surface area contributed by atoms with Gasteiger partial charge >= 0.3 is 5.97 Å². The first-order valence-corrected chi connectivity index (χ1v) is 6.78. The van der Waals surface area contributed by atoms with E-state index in [2.05, 4.69) is 9.71 Å². The largest absolute Gasteiger partial charge is 0.478 e. The van der Waals surface area contributed by atoms with Crippen molar-refractivity contribution in [3.63, 3.8) is 0 Å². The lowest BCUT2D eigenvalue weighted by Crippen LogP contribution is -2.17. The maximum atomic E-state index is 11.6. The summed E-state index contributed by atoms with van der Waals surface area (Å²) in [5.74, 6) is -1.13. The Hall–Kier alpha value is -1.63. The first kappa shape index (κ1) is 13.4. The summed E-state index contributed by atoms with van der Waals surface area (Å²) in [6.45, 7) is 1.89. The highest BCUT2D eigenvalue weighted by Crippen LogP contribution is 2.11. The monoisotopic (exact) mass is 258 g/mol. The average molecular weight is 258 g/mol. The van der Waals surface area contributed by atoms with Gasteiger partial charge in [-0.05, 0) is 12.5 Å². The molecule has 0 unspecified atom stereocenters. The van der Waals surface area contributed by atoms with Crippen molar-refractivity contribution in [2.45, 2.75) is 19.8 Å². The normalized spacial score (nSPS) is 11.1. The molecule has 0 aliphatic rings. The molecule has 0 saturated carbocycles. The molecule has 1 aromatic heterocycles. The molecule has 0 fully saturated rings. The van der Waals surface area contributed by atoms with Gasteiger partial charge in [-0.25, -0.2) is 13.2 Å². The zero-order chi connectivity index (χ0) is 12.9. The van der Waals surface area contributed by atoms with Crippen molar-refractivity contribution in [1.29, 1.82) is 0 Å². The van der Waals surface area contributed by atoms with Gasteiger partial charge in [0.1, 0.15) is 0 Å². The fraction of sp³-hybridized carbons (Fsp3) is 0.400. The highest BCUT2D eigenvalue weighted by molar-refractivity contribution is 7.92. The van der Waals surface area contributed by atoms with E-state index in [0.29, 0.717) is 6.42 Å². The van der Waals surface area contributed by atoms with Crippen LogP contribution in [-0.2, 0) is 10.0 Å². The number of aromatic nitrogens is 1. The van der Waals surface area contributed by atoms with E-state index in [9.17, 15) is 13.2 Å². The van der Waals surface area contributed by atoms with Crippen LogP contribution in [0.2, 0.25) is 0 Å². The highest BCUT2D eigenvalue weighted by Gasteiger charge is 2.11. The lowest BCUT2D eigenvalue weighted by Gasteiger charge is -2.07. The molecule has 0 radical (unpaired) electrons. The van der Waals surface area contributed by atoms with Crippen molar-refractivity contribution in [2.24, 2.45) is 0 Å². The summed E-state index contributed by atoms with van der Waals surface area (Å²) in [4.78, 5) is 14.3. The van der Waals surface area contributed by atoms with Crippen molar-refractivity contribution in [3.05, 3.63) is 24.0 Å². The Morgan fingerprint density at radius 2 is 2.18 bits per heavy atom. The van der Waals surface area contributed by atoms with E-state index >= 15 is 0 Å². The zero-order valence-corrected chi connectivity index (χ0v) is 10.2. The van der Waals surface area contributed by atoms with Gasteiger partial charge in [0, 0.05) is 6.20 Å². The van der Waals surface area contributed by atoms with Crippen LogP contribution in [0, 0.1) is 0 Å². The molecule has 6 nitrogen and oxygen atoms in total. The molecule has 0 aliphatic heterocycles. The van der Waals surface area contributed by atoms with Crippen molar-refractivity contribution >= 4 is 21.7 Å². The summed E-state index contributed by atoms with van der Waals surface area (Å²) in [7, 11) is -3.42. The maximum absolute atomic E-state index is 11.6. The van der Waals surface area contributed by atoms with Crippen molar-refractivity contribution in [3.8, 4) is 0 Å². The average Bonchev–Trinajstić information content (AvgIpc) is 2.26. The lowest BCUT2D eigenvalue weighted by molar-refractivity contribution is 0.0696. The smallest absolute Gasteiger partial charge is 0.337 e. The third-order valence-corrected chi connectivity index (χ3v) is 3.40. The highest BCUT2D eigenvalue weighted by atomic mass is 32.2. The molecule has 0 spiro atoms. The number of carbonyl (C=O) groups is 1. The zero-order valence-electron chi connectivity index (χ0n) is 9.38. The van der Waals surface area contributed by atoms with E-state index < -0.39 is 16.0 Å². The molecule has 1 heterocycles. The molecular weight excluding hydrogens is 244 g/mol. The minimum absolute atomic E-state index is 0.0147. The predicted molar refractivity (Wildman–Crippen MR) is 63.5 cm³/mol. The molecular formula is C10H14N2O4S. The Bertz CT molecular complexity index is 499. The topological polar surface area (TPSA) is 96.4 Å². The first-order valence-electron chi connectivity index (χ1n) is 5.13. The molecule has 0 bridgehead atoms. The molecule has 1 aromatic rings. The number of rotatable bonds is 6. The van der Waals surface area contributed by atoms with Crippen molar-refractivity contribution in [2.75, 3.05) is 10.5 Å². The number of carboxylic acids is 1. The number of pyridine rings is 1. The molecule has 0 saturated heterocycles. The van der Waals surface area contributed by atoms with Crippen molar-refractivity contribution < 1.29 is 18.3 Å². The van der Waals surface area contributed by atoms with Gasteiger partial charge in [-0.1, -0.05) is 13.3 Å². The van der Waals surface area contributed by atoms with Gasteiger partial charge in [0.25, 0.3) is 0 Å². The van der Waals surface area contributed by atoms with Crippen LogP contribution in [-0.4, -0.2) is 30.2 Å². The lowest BCUT2D eigenvalue weighted by atomic mass is 10.3. The molecule has 0 amide bonds. The quantitative estimate of drug-likeness (QED) is 0.802. The Morgan fingerprint density at radius 3 is 2.76 bits per heavy atom. The van der Waals surface area contributed by atoms with Gasteiger partial charge in [0.2, 0.25) is 10.0 Å². The Morgan fingerprint density at radius 1 is 1.47 bits per heavy atom. The van der Waals surface area contributed by atoms with Crippen LogP contribution < -0.4 is 4.72 Å². The molecule has 0 aromatic carbocycles. The molecule has 7 heteroatoms. The molecule has 1 rings (SSSR count). The Labute approximate surface area is 99.7 Å². The van der Waals surface area contributed by atoms with E-state index in [4.69, 9.17) is 5.11 Å². The summed E-state index contributed by atoms with van der Waals surface area (Å²) in [6, 6.07) is 1.23. The molecule has 2 N–H and O–H groups in total. The number of unbranched alkanes of at least 4 members (excludes halogenated alkanes) is 1. The second kappa shape index (κ2) is 5.62. The SMILES string of the molecule is CCCCS(=O)(=O)Nc1cncc(C(=O)O)c1. The minimum atomic E-state index is -3.42. The van der Waals surface area contributed by atoms with Gasteiger partial charge in [-0.15, -0.1) is 0 Å². The summed E-state index contributed by atoms with van der Waals surface area (Å²) < 4.78 is 25.4. The van der Waals surface area contributed by atoms with E-state index in [-0.39, 0.29) is 17.0 Å². The third kappa shape index (κ3) is 4.39. The van der Waals surface area contributed by atoms with Crippen LogP contribution in [0.25, 0.3) is 0 Å². The summed E-state index contributed by atoms with van der Waals surface area (Å²) in [5, 5.41) is 8.73. The molecule has 17 heavy (non-hydrogen) atoms. The Kier molecular flexibility index (Phi) is 4.45. The molecule has 0 aliphatic carbocycles. The van der Waals surface area contributed by atoms with Gasteiger partial charge in [-0.2, -0.15) is 0 Å². The summed E-state index contributed by atoms with van der Waals surface area (Å²) in [6.07, 6.45) is 3.76. The molecule has 94 valence electrons. The number of hydrogen-bond acceptors (Lipinski definition) is 4. The van der Waals surface area contributed by atoms with Gasteiger partial charge in [0.05, 0.1) is 23.2 Å². The van der Waals surface area contributed by atoms with E-state index in [1.807, 2.05) is 6.92 Å². The number of aromatic carboxylic acids is 1. The maximum Gasteiger partial charge on any atom is 0.337 e. The predicted octanol–water partition coefficient (Wildman–Crippen LogP) is 1.32. The van der Waals surface area contributed by atoms with Crippen LogP contribution in [0.1, 0.15) is 30.1 Å². The Balaban J connectivity index is 2.81. The number of hydrogen-bond donors (Lipinski definition) is 2. The third-order valence-electron chi connectivity index (χ3n) is 2.03. The molecule has 0 atom stereocenters. The fourth-order valence-corrected chi connectivity index (χ4v) is 2.42. The standard InChI is InChI=1S/C10H14N2O4S/c1-2-3-4-17(15,16)12-9-5-8(10(13)14)6-11-7-9/h5-7,12H,2-4H2,1H3,(H,13,14). The van der Waals surface area contributed by atoms with Crippen LogP contribution in [0.15, 0.2) is 18.5 Å². The van der Waals surface area contributed by atoms with E-state index in [0.717, 1.165) is 12.6 Å².